The maximum Gasteiger partial charge on any atom is 0.274 e. The van der Waals surface area contributed by atoms with Gasteiger partial charge in [0.25, 0.3) is 5.91 Å². The summed E-state index contributed by atoms with van der Waals surface area (Å²) in [5.74, 6) is 1.00. The van der Waals surface area contributed by atoms with Gasteiger partial charge in [-0.2, -0.15) is 0 Å². The number of fused-ring (bicyclic) bond motifs is 1. The van der Waals surface area contributed by atoms with Crippen LogP contribution in [0.2, 0.25) is 5.02 Å². The number of amides is 1. The lowest BCUT2D eigenvalue weighted by Crippen LogP contribution is -2.14. The summed E-state index contributed by atoms with van der Waals surface area (Å²) in [4.78, 5) is 16.8. The number of pyridine rings is 1. The quantitative estimate of drug-likeness (QED) is 0.773. The molecule has 2 aromatic carbocycles. The second-order valence-corrected chi connectivity index (χ2v) is 5.46. The second kappa shape index (κ2) is 6.76. The molecule has 0 aliphatic carbocycles. The van der Waals surface area contributed by atoms with Crippen LogP contribution >= 0.6 is 11.6 Å². The number of anilines is 1. The minimum Gasteiger partial charge on any atom is -0.497 e. The first-order valence-corrected chi connectivity index (χ1v) is 7.58. The summed E-state index contributed by atoms with van der Waals surface area (Å²) in [7, 11) is 3.16. The average molecular weight is 343 g/mol. The van der Waals surface area contributed by atoms with Crippen LogP contribution in [0.3, 0.4) is 0 Å². The fraction of sp³-hybridized carbons (Fsp3) is 0.111. The number of methoxy groups -OCH3 is 2. The highest BCUT2D eigenvalue weighted by atomic mass is 35.5. The largest absolute Gasteiger partial charge is 0.497 e. The predicted molar refractivity (Wildman–Crippen MR) is 94.3 cm³/mol. The van der Waals surface area contributed by atoms with Crippen LogP contribution in [0.5, 0.6) is 11.5 Å². The molecule has 0 unspecified atom stereocenters. The SMILES string of the molecule is COc1ccc(Cl)c(NC(=O)c2ccc3cc(OC)ccc3n2)c1. The molecule has 122 valence electrons. The molecule has 24 heavy (non-hydrogen) atoms. The molecule has 1 amide bonds. The number of hydrogen-bond donors (Lipinski definition) is 1. The monoisotopic (exact) mass is 342 g/mol. The first-order valence-electron chi connectivity index (χ1n) is 7.20. The Morgan fingerprint density at radius 1 is 1.00 bits per heavy atom. The van der Waals surface area contributed by atoms with Crippen LogP contribution in [0.1, 0.15) is 10.5 Å². The Morgan fingerprint density at radius 2 is 1.71 bits per heavy atom. The third-order valence-corrected chi connectivity index (χ3v) is 3.88. The van der Waals surface area contributed by atoms with Gasteiger partial charge in [0, 0.05) is 11.5 Å². The van der Waals surface area contributed by atoms with Gasteiger partial charge in [-0.1, -0.05) is 17.7 Å². The molecule has 3 rings (SSSR count). The summed E-state index contributed by atoms with van der Waals surface area (Å²) in [6.07, 6.45) is 0. The molecule has 0 bridgehead atoms. The zero-order valence-corrected chi connectivity index (χ0v) is 13.9. The van der Waals surface area contributed by atoms with Gasteiger partial charge >= 0.3 is 0 Å². The van der Waals surface area contributed by atoms with Gasteiger partial charge in [0.2, 0.25) is 0 Å². The fourth-order valence-electron chi connectivity index (χ4n) is 2.27. The van der Waals surface area contributed by atoms with Gasteiger partial charge in [0.15, 0.2) is 0 Å². The Labute approximate surface area is 144 Å². The van der Waals surface area contributed by atoms with E-state index < -0.39 is 0 Å². The van der Waals surface area contributed by atoms with E-state index in [0.717, 1.165) is 11.1 Å². The van der Waals surface area contributed by atoms with Crippen molar-refractivity contribution in [3.05, 3.63) is 59.2 Å². The lowest BCUT2D eigenvalue weighted by molar-refractivity contribution is 0.102. The molecule has 3 aromatic rings. The van der Waals surface area contributed by atoms with E-state index in [4.69, 9.17) is 21.1 Å². The summed E-state index contributed by atoms with van der Waals surface area (Å²) >= 11 is 6.11. The number of carbonyl (C=O) groups is 1. The van der Waals surface area contributed by atoms with Crippen LogP contribution < -0.4 is 14.8 Å². The molecule has 1 heterocycles. The van der Waals surface area contributed by atoms with Gasteiger partial charge in [-0.25, -0.2) is 4.98 Å². The molecule has 0 aliphatic rings. The van der Waals surface area contributed by atoms with Crippen molar-refractivity contribution < 1.29 is 14.3 Å². The smallest absolute Gasteiger partial charge is 0.274 e. The number of benzene rings is 2. The highest BCUT2D eigenvalue weighted by Gasteiger charge is 2.12. The maximum absolute atomic E-state index is 12.4. The zero-order valence-electron chi connectivity index (χ0n) is 13.2. The molecule has 0 saturated carbocycles. The Morgan fingerprint density at radius 3 is 2.46 bits per heavy atom. The van der Waals surface area contributed by atoms with Crippen molar-refractivity contribution in [2.45, 2.75) is 0 Å². The van der Waals surface area contributed by atoms with Crippen molar-refractivity contribution in [3.63, 3.8) is 0 Å². The number of aromatic nitrogens is 1. The summed E-state index contributed by atoms with van der Waals surface area (Å²) in [5, 5.41) is 4.07. The lowest BCUT2D eigenvalue weighted by Gasteiger charge is -2.09. The minimum atomic E-state index is -0.345. The molecule has 6 heteroatoms. The number of rotatable bonds is 4. The van der Waals surface area contributed by atoms with Crippen LogP contribution in [0.15, 0.2) is 48.5 Å². The molecule has 5 nitrogen and oxygen atoms in total. The van der Waals surface area contributed by atoms with Crippen molar-refractivity contribution in [2.75, 3.05) is 19.5 Å². The molecule has 1 aromatic heterocycles. The number of halogens is 1. The van der Waals surface area contributed by atoms with Crippen molar-refractivity contribution in [2.24, 2.45) is 0 Å². The third kappa shape index (κ3) is 3.26. The zero-order chi connectivity index (χ0) is 17.1. The first kappa shape index (κ1) is 16.1. The minimum absolute atomic E-state index is 0.298. The maximum atomic E-state index is 12.4. The van der Waals surface area contributed by atoms with Crippen LogP contribution in [0.4, 0.5) is 5.69 Å². The lowest BCUT2D eigenvalue weighted by atomic mass is 10.2. The topological polar surface area (TPSA) is 60.5 Å². The highest BCUT2D eigenvalue weighted by Crippen LogP contribution is 2.27. The highest BCUT2D eigenvalue weighted by molar-refractivity contribution is 6.34. The molecule has 0 aliphatic heterocycles. The summed E-state index contributed by atoms with van der Waals surface area (Å²) in [5.41, 5.74) is 1.48. The molecule has 0 fully saturated rings. The number of nitrogens with one attached hydrogen (secondary N) is 1. The van der Waals surface area contributed by atoms with Gasteiger partial charge in [0.1, 0.15) is 17.2 Å². The van der Waals surface area contributed by atoms with E-state index in [2.05, 4.69) is 10.3 Å². The van der Waals surface area contributed by atoms with E-state index in [9.17, 15) is 4.79 Å². The summed E-state index contributed by atoms with van der Waals surface area (Å²) < 4.78 is 10.3. The number of ether oxygens (including phenoxy) is 2. The van der Waals surface area contributed by atoms with E-state index in [1.54, 1.807) is 44.6 Å². The molecule has 0 radical (unpaired) electrons. The summed E-state index contributed by atoms with van der Waals surface area (Å²) in [6.45, 7) is 0. The van der Waals surface area contributed by atoms with Crippen LogP contribution in [-0.4, -0.2) is 25.1 Å². The molecular weight excluding hydrogens is 328 g/mol. The second-order valence-electron chi connectivity index (χ2n) is 5.06. The van der Waals surface area contributed by atoms with Crippen molar-refractivity contribution in [3.8, 4) is 11.5 Å². The third-order valence-electron chi connectivity index (χ3n) is 3.55. The van der Waals surface area contributed by atoms with E-state index in [1.165, 1.54) is 0 Å². The number of carbonyl (C=O) groups excluding carboxylic acids is 1. The normalized spacial score (nSPS) is 10.5. The molecule has 0 atom stereocenters. The molecular formula is C18H15ClN2O3. The number of hydrogen-bond acceptors (Lipinski definition) is 4. The van der Waals surface area contributed by atoms with Gasteiger partial charge in [-0.3, -0.25) is 4.79 Å². The Balaban J connectivity index is 1.88. The van der Waals surface area contributed by atoms with Crippen molar-refractivity contribution in [1.82, 2.24) is 4.98 Å². The molecule has 0 saturated heterocycles. The van der Waals surface area contributed by atoms with Gasteiger partial charge in [-0.15, -0.1) is 0 Å². The Kier molecular flexibility index (Phi) is 4.53. The van der Waals surface area contributed by atoms with Gasteiger partial charge in [-0.05, 0) is 36.4 Å². The fourth-order valence-corrected chi connectivity index (χ4v) is 2.44. The standard InChI is InChI=1S/C18H15ClN2O3/c1-23-12-5-8-15-11(9-12)3-7-16(20-15)18(22)21-17-10-13(24-2)4-6-14(17)19/h3-10H,1-2H3,(H,21,22). The van der Waals surface area contributed by atoms with E-state index in [1.807, 2.05) is 18.2 Å². The summed E-state index contributed by atoms with van der Waals surface area (Å²) in [6, 6.07) is 14.0. The average Bonchev–Trinajstić information content (AvgIpc) is 2.62. The van der Waals surface area contributed by atoms with Gasteiger partial charge in [0.05, 0.1) is 30.4 Å². The van der Waals surface area contributed by atoms with Crippen LogP contribution in [0.25, 0.3) is 10.9 Å². The Bertz CT molecular complexity index is 912. The van der Waals surface area contributed by atoms with Crippen molar-refractivity contribution >= 4 is 34.1 Å². The van der Waals surface area contributed by atoms with Crippen molar-refractivity contribution in [1.29, 1.82) is 0 Å². The van der Waals surface area contributed by atoms with E-state index in [0.29, 0.717) is 27.7 Å². The van der Waals surface area contributed by atoms with E-state index >= 15 is 0 Å². The molecule has 1 N–H and O–H groups in total. The first-order chi connectivity index (χ1) is 11.6. The molecule has 0 spiro atoms. The van der Waals surface area contributed by atoms with E-state index in [-0.39, 0.29) is 5.91 Å². The van der Waals surface area contributed by atoms with Gasteiger partial charge < -0.3 is 14.8 Å². The Hall–Kier alpha value is -2.79. The number of nitrogens with zero attached hydrogens (tertiary/aromatic N) is 1. The van der Waals surface area contributed by atoms with Crippen LogP contribution in [-0.2, 0) is 0 Å². The van der Waals surface area contributed by atoms with Crippen LogP contribution in [0, 0.1) is 0 Å². The predicted octanol–water partition coefficient (Wildman–Crippen LogP) is 4.16.